The van der Waals surface area contributed by atoms with Crippen LogP contribution in [0, 0.1) is 11.8 Å². The molecule has 1 unspecified atom stereocenters. The molecule has 0 bridgehead atoms. The highest BCUT2D eigenvalue weighted by Crippen LogP contribution is 2.39. The van der Waals surface area contributed by atoms with Gasteiger partial charge in [0.25, 0.3) is 0 Å². The lowest BCUT2D eigenvalue weighted by molar-refractivity contribution is 0.0722. The van der Waals surface area contributed by atoms with Gasteiger partial charge < -0.3 is 9.84 Å². The lowest BCUT2D eigenvalue weighted by atomic mass is 9.96. The normalized spacial score (nSPS) is 23.6. The molecule has 1 saturated carbocycles. The Balaban J connectivity index is 1.32. The maximum atomic E-state index is 13.5. The lowest BCUT2D eigenvalue weighted by Gasteiger charge is -2.26. The van der Waals surface area contributed by atoms with Crippen LogP contribution >= 0.6 is 22.9 Å². The van der Waals surface area contributed by atoms with E-state index in [1.165, 1.54) is 23.9 Å². The van der Waals surface area contributed by atoms with Gasteiger partial charge >= 0.3 is 10.3 Å². The Hall–Kier alpha value is -2.25. The van der Waals surface area contributed by atoms with Gasteiger partial charge in [-0.3, -0.25) is 8.98 Å². The molecule has 0 amide bonds. The molecule has 4 atom stereocenters. The van der Waals surface area contributed by atoms with Crippen LogP contribution in [-0.4, -0.2) is 48.6 Å². The summed E-state index contributed by atoms with van der Waals surface area (Å²) in [5, 5.41) is 16.0. The number of carbonyl (C=O) groups is 1. The fraction of sp³-hybridized carbons (Fsp3) is 0.400. The Labute approximate surface area is 223 Å². The van der Waals surface area contributed by atoms with Crippen LogP contribution in [0.3, 0.4) is 0 Å². The molecule has 37 heavy (non-hydrogen) atoms. The highest BCUT2D eigenvalue weighted by molar-refractivity contribution is 7.84. The zero-order chi connectivity index (χ0) is 26.2. The van der Waals surface area contributed by atoms with Gasteiger partial charge in [0, 0.05) is 22.0 Å². The van der Waals surface area contributed by atoms with Crippen LogP contribution in [0.1, 0.15) is 55.9 Å². The molecule has 1 aromatic carbocycles. The number of aliphatic hydroxyl groups excluding tert-OH is 1. The van der Waals surface area contributed by atoms with Gasteiger partial charge in [-0.1, -0.05) is 23.7 Å². The number of aliphatic hydroxyl groups is 1. The first-order valence-corrected chi connectivity index (χ1v) is 14.5. The van der Waals surface area contributed by atoms with E-state index in [-0.39, 0.29) is 30.3 Å². The number of hydrogen-bond acceptors (Lipinski definition) is 9. The summed E-state index contributed by atoms with van der Waals surface area (Å²) in [6.45, 7) is 0.372. The predicted molar refractivity (Wildman–Crippen MR) is 138 cm³/mol. The van der Waals surface area contributed by atoms with Gasteiger partial charge in [0.05, 0.1) is 35.5 Å². The van der Waals surface area contributed by atoms with Crippen molar-refractivity contribution in [3.63, 3.8) is 0 Å². The van der Waals surface area contributed by atoms with Crippen molar-refractivity contribution in [1.82, 2.24) is 9.97 Å². The van der Waals surface area contributed by atoms with Gasteiger partial charge in [-0.2, -0.15) is 8.42 Å². The third-order valence-electron chi connectivity index (χ3n) is 6.91. The number of halogens is 1. The van der Waals surface area contributed by atoms with E-state index in [1.54, 1.807) is 6.07 Å². The largest absolute Gasteiger partial charge is 0.393 e. The van der Waals surface area contributed by atoms with E-state index in [9.17, 15) is 18.3 Å². The predicted octanol–water partition coefficient (Wildman–Crippen LogP) is 3.23. The first kappa shape index (κ1) is 26.4. The highest BCUT2D eigenvalue weighted by Gasteiger charge is 2.35. The second kappa shape index (κ2) is 10.9. The van der Waals surface area contributed by atoms with Crippen molar-refractivity contribution in [2.45, 2.75) is 37.9 Å². The molecule has 1 aliphatic heterocycles. The van der Waals surface area contributed by atoms with Crippen LogP contribution in [-0.2, 0) is 32.1 Å². The summed E-state index contributed by atoms with van der Waals surface area (Å²) in [6.07, 6.45) is 4.08. The van der Waals surface area contributed by atoms with Crippen LogP contribution in [0.2, 0.25) is 5.02 Å². The molecule has 9 nitrogen and oxygen atoms in total. The van der Waals surface area contributed by atoms with Crippen molar-refractivity contribution in [1.29, 1.82) is 0 Å². The monoisotopic (exact) mass is 563 g/mol. The molecule has 1 aliphatic carbocycles. The summed E-state index contributed by atoms with van der Waals surface area (Å²) in [4.78, 5) is 23.4. The van der Waals surface area contributed by atoms with Crippen LogP contribution < -0.4 is 5.14 Å². The zero-order valence-electron chi connectivity index (χ0n) is 19.7. The maximum Gasteiger partial charge on any atom is 0.333 e. The minimum Gasteiger partial charge on any atom is -0.393 e. The second-order valence-corrected chi connectivity index (χ2v) is 12.1. The number of carbonyl (C=O) groups excluding carboxylic acids is 1. The van der Waals surface area contributed by atoms with Crippen molar-refractivity contribution >= 4 is 39.0 Å². The first-order valence-electron chi connectivity index (χ1n) is 11.9. The van der Waals surface area contributed by atoms with Gasteiger partial charge in [-0.25, -0.2) is 15.1 Å². The number of benzene rings is 1. The number of hydrogen-bond donors (Lipinski definition) is 2. The summed E-state index contributed by atoms with van der Waals surface area (Å²) in [7, 11) is -4.08. The molecule has 196 valence electrons. The third kappa shape index (κ3) is 5.93. The summed E-state index contributed by atoms with van der Waals surface area (Å²) < 4.78 is 32.9. The van der Waals surface area contributed by atoms with E-state index in [4.69, 9.17) is 21.5 Å². The van der Waals surface area contributed by atoms with E-state index in [0.717, 1.165) is 27.4 Å². The topological polar surface area (TPSA) is 142 Å². The van der Waals surface area contributed by atoms with Gasteiger partial charge in [0.2, 0.25) is 5.78 Å². The number of fused-ring (bicyclic) bond motifs is 1. The van der Waals surface area contributed by atoms with Crippen molar-refractivity contribution in [2.24, 2.45) is 17.0 Å². The lowest BCUT2D eigenvalue weighted by Crippen LogP contribution is -2.24. The van der Waals surface area contributed by atoms with Crippen molar-refractivity contribution in [3.8, 4) is 0 Å². The van der Waals surface area contributed by atoms with Crippen LogP contribution in [0.5, 0.6) is 0 Å². The summed E-state index contributed by atoms with van der Waals surface area (Å²) >= 11 is 7.77. The van der Waals surface area contributed by atoms with E-state index < -0.39 is 16.4 Å². The SMILES string of the molecule is NS(=O)(=O)OC[C@H]1C[C@@H](Cc2ncncc2C(=O)c2ccc(C3OCCc4c(Cl)cccc43)s2)C[C@@H]1O. The smallest absolute Gasteiger partial charge is 0.333 e. The van der Waals surface area contributed by atoms with Crippen LogP contribution in [0.4, 0.5) is 0 Å². The number of nitrogens with zero attached hydrogens (tertiary/aromatic N) is 2. The molecular weight excluding hydrogens is 538 g/mol. The maximum absolute atomic E-state index is 13.5. The van der Waals surface area contributed by atoms with E-state index in [2.05, 4.69) is 14.2 Å². The molecular formula is C25H26ClN3O6S2. The highest BCUT2D eigenvalue weighted by atomic mass is 35.5. The Kier molecular flexibility index (Phi) is 7.73. The average Bonchev–Trinajstić information content (AvgIpc) is 3.49. The van der Waals surface area contributed by atoms with Crippen molar-refractivity contribution < 1.29 is 27.2 Å². The van der Waals surface area contributed by atoms with Gasteiger partial charge in [0.15, 0.2) is 0 Å². The number of nitrogens with two attached hydrogens (primary N) is 1. The molecule has 5 rings (SSSR count). The molecule has 0 saturated heterocycles. The standard InChI is InChI=1S/C25H26ClN3O6S2/c26-19-3-1-2-17-16(19)6-7-34-25(17)23-5-4-22(36-23)24(31)18-11-28-13-29-20(18)9-14-8-15(21(30)10-14)12-35-37(27,32)33/h1-5,11,13-15,21,25,30H,6-10,12H2,(H2,27,32,33)/t14-,15+,21-,25?/m0/s1. The number of aromatic nitrogens is 2. The summed E-state index contributed by atoms with van der Waals surface area (Å²) in [5.74, 6) is -0.543. The second-order valence-electron chi connectivity index (χ2n) is 9.37. The van der Waals surface area contributed by atoms with E-state index in [0.29, 0.717) is 42.0 Å². The zero-order valence-corrected chi connectivity index (χ0v) is 22.1. The number of ketones is 1. The minimum atomic E-state index is -4.08. The molecule has 3 N–H and O–H groups in total. The quantitative estimate of drug-likeness (QED) is 0.398. The minimum absolute atomic E-state index is 0.00122. The fourth-order valence-electron chi connectivity index (χ4n) is 5.16. The molecule has 3 aromatic rings. The molecule has 12 heteroatoms. The molecule has 3 heterocycles. The summed E-state index contributed by atoms with van der Waals surface area (Å²) in [6, 6.07) is 9.49. The molecule has 2 aromatic heterocycles. The van der Waals surface area contributed by atoms with Crippen molar-refractivity contribution in [2.75, 3.05) is 13.2 Å². The molecule has 1 fully saturated rings. The van der Waals surface area contributed by atoms with Gasteiger partial charge in [0.1, 0.15) is 12.4 Å². The summed E-state index contributed by atoms with van der Waals surface area (Å²) in [5.41, 5.74) is 3.09. The van der Waals surface area contributed by atoms with E-state index >= 15 is 0 Å². The fourth-order valence-corrected chi connectivity index (χ4v) is 6.83. The molecule has 2 aliphatic rings. The third-order valence-corrected chi connectivity index (χ3v) is 8.85. The molecule has 0 spiro atoms. The Morgan fingerprint density at radius 2 is 2.11 bits per heavy atom. The number of thiophene rings is 1. The van der Waals surface area contributed by atoms with Gasteiger partial charge in [-0.05, 0) is 60.9 Å². The Bertz CT molecular complexity index is 1410. The average molecular weight is 564 g/mol. The van der Waals surface area contributed by atoms with Crippen LogP contribution in [0.25, 0.3) is 0 Å². The van der Waals surface area contributed by atoms with E-state index in [1.807, 2.05) is 24.3 Å². The van der Waals surface area contributed by atoms with Gasteiger partial charge in [-0.15, -0.1) is 11.3 Å². The van der Waals surface area contributed by atoms with Crippen molar-refractivity contribution in [3.05, 3.63) is 80.0 Å². The van der Waals surface area contributed by atoms with Crippen LogP contribution in [0.15, 0.2) is 42.9 Å². The first-order chi connectivity index (χ1) is 17.7. The number of rotatable bonds is 8. The Morgan fingerprint density at radius 1 is 1.27 bits per heavy atom. The Morgan fingerprint density at radius 3 is 2.92 bits per heavy atom. The molecule has 0 radical (unpaired) electrons. The number of ether oxygens (including phenoxy) is 1.